The van der Waals surface area contributed by atoms with Crippen LogP contribution in [0.25, 0.3) is 0 Å². The Labute approximate surface area is 113 Å². The number of thioether (sulfide) groups is 1. The minimum Gasteiger partial charge on any atom is -0.368 e. The summed E-state index contributed by atoms with van der Waals surface area (Å²) in [6.07, 6.45) is 0. The Hall–Kier alpha value is -1.48. The molecule has 0 fully saturated rings. The standard InChI is InChI=1S/C9H13N7S2/c1-5-14-15-9(18-5)17-4-6-11-7(10)13-8(12-6)16(2)3/h4H2,1-3H3,(H2,10,11,12,13). The van der Waals surface area contributed by atoms with Gasteiger partial charge in [-0.1, -0.05) is 23.1 Å². The molecule has 0 saturated heterocycles. The van der Waals surface area contributed by atoms with E-state index < -0.39 is 0 Å². The number of anilines is 2. The van der Waals surface area contributed by atoms with Gasteiger partial charge in [-0.05, 0) is 6.92 Å². The summed E-state index contributed by atoms with van der Waals surface area (Å²) in [7, 11) is 3.72. The van der Waals surface area contributed by atoms with Crippen LogP contribution >= 0.6 is 23.1 Å². The fourth-order valence-corrected chi connectivity index (χ4v) is 2.82. The highest BCUT2D eigenvalue weighted by atomic mass is 32.2. The van der Waals surface area contributed by atoms with E-state index in [9.17, 15) is 0 Å². The summed E-state index contributed by atoms with van der Waals surface area (Å²) in [5.41, 5.74) is 5.65. The van der Waals surface area contributed by atoms with E-state index in [0.29, 0.717) is 17.5 Å². The number of aryl methyl sites for hydroxylation is 1. The predicted octanol–water partition coefficient (Wildman–Crippen LogP) is 0.972. The normalized spacial score (nSPS) is 10.6. The average Bonchev–Trinajstić information content (AvgIpc) is 2.72. The van der Waals surface area contributed by atoms with Crippen LogP contribution in [0.4, 0.5) is 11.9 Å². The van der Waals surface area contributed by atoms with Gasteiger partial charge in [0.05, 0.1) is 5.75 Å². The summed E-state index contributed by atoms with van der Waals surface area (Å²) < 4.78 is 0.901. The first-order chi connectivity index (χ1) is 8.54. The molecule has 2 rings (SSSR count). The second-order valence-corrected chi connectivity index (χ2v) is 6.08. The largest absolute Gasteiger partial charge is 0.368 e. The Morgan fingerprint density at radius 1 is 1.22 bits per heavy atom. The van der Waals surface area contributed by atoms with Gasteiger partial charge in [0.2, 0.25) is 11.9 Å². The zero-order chi connectivity index (χ0) is 13.1. The highest BCUT2D eigenvalue weighted by Crippen LogP contribution is 2.24. The van der Waals surface area contributed by atoms with Crippen molar-refractivity contribution in [2.24, 2.45) is 0 Å². The maximum Gasteiger partial charge on any atom is 0.229 e. The fourth-order valence-electron chi connectivity index (χ4n) is 1.15. The Morgan fingerprint density at radius 3 is 2.61 bits per heavy atom. The van der Waals surface area contributed by atoms with Crippen molar-refractivity contribution in [3.05, 3.63) is 10.8 Å². The van der Waals surface area contributed by atoms with Crippen LogP contribution in [0.1, 0.15) is 10.8 Å². The van der Waals surface area contributed by atoms with Gasteiger partial charge in [0, 0.05) is 14.1 Å². The first-order valence-electron chi connectivity index (χ1n) is 5.15. The molecule has 0 unspecified atom stereocenters. The summed E-state index contributed by atoms with van der Waals surface area (Å²) in [6, 6.07) is 0. The highest BCUT2D eigenvalue weighted by Gasteiger charge is 2.08. The Bertz CT molecular complexity index is 539. The van der Waals surface area contributed by atoms with Crippen molar-refractivity contribution in [3.63, 3.8) is 0 Å². The second kappa shape index (κ2) is 5.44. The van der Waals surface area contributed by atoms with Crippen LogP contribution in [0, 0.1) is 6.92 Å². The summed E-state index contributed by atoms with van der Waals surface area (Å²) >= 11 is 3.09. The van der Waals surface area contributed by atoms with E-state index in [1.807, 2.05) is 21.0 Å². The van der Waals surface area contributed by atoms with Gasteiger partial charge in [-0.15, -0.1) is 10.2 Å². The molecule has 0 aliphatic rings. The van der Waals surface area contributed by atoms with E-state index in [-0.39, 0.29) is 5.95 Å². The molecule has 0 bridgehead atoms. The van der Waals surface area contributed by atoms with E-state index in [0.717, 1.165) is 9.35 Å². The zero-order valence-electron chi connectivity index (χ0n) is 10.3. The molecule has 0 radical (unpaired) electrons. The molecule has 9 heteroatoms. The number of rotatable bonds is 4. The lowest BCUT2D eigenvalue weighted by molar-refractivity contribution is 0.917. The van der Waals surface area contributed by atoms with Crippen LogP contribution in [0.2, 0.25) is 0 Å². The average molecular weight is 283 g/mol. The van der Waals surface area contributed by atoms with E-state index in [2.05, 4.69) is 25.1 Å². The maximum atomic E-state index is 5.65. The van der Waals surface area contributed by atoms with Gasteiger partial charge in [-0.2, -0.15) is 15.0 Å². The quantitative estimate of drug-likeness (QED) is 0.830. The van der Waals surface area contributed by atoms with Gasteiger partial charge in [-0.3, -0.25) is 0 Å². The number of nitrogens with zero attached hydrogens (tertiary/aromatic N) is 6. The van der Waals surface area contributed by atoms with Crippen molar-refractivity contribution in [1.82, 2.24) is 25.1 Å². The fraction of sp³-hybridized carbons (Fsp3) is 0.444. The molecule has 2 aromatic heterocycles. The SMILES string of the molecule is Cc1nnc(SCc2nc(N)nc(N(C)C)n2)s1. The molecule has 0 amide bonds. The summed E-state index contributed by atoms with van der Waals surface area (Å²) in [5.74, 6) is 2.04. The Kier molecular flexibility index (Phi) is 3.92. The predicted molar refractivity (Wildman–Crippen MR) is 72.8 cm³/mol. The first kappa shape index (κ1) is 13.0. The lowest BCUT2D eigenvalue weighted by Crippen LogP contribution is -2.15. The number of hydrogen-bond acceptors (Lipinski definition) is 9. The smallest absolute Gasteiger partial charge is 0.229 e. The molecule has 0 saturated carbocycles. The molecule has 0 atom stereocenters. The van der Waals surface area contributed by atoms with Crippen molar-refractivity contribution >= 4 is 35.0 Å². The summed E-state index contributed by atoms with van der Waals surface area (Å²) in [4.78, 5) is 14.2. The van der Waals surface area contributed by atoms with Crippen LogP contribution in [0.3, 0.4) is 0 Å². The molecule has 2 N–H and O–H groups in total. The van der Waals surface area contributed by atoms with Crippen molar-refractivity contribution in [1.29, 1.82) is 0 Å². The van der Waals surface area contributed by atoms with Crippen LogP contribution in [0.15, 0.2) is 4.34 Å². The van der Waals surface area contributed by atoms with Crippen molar-refractivity contribution in [2.75, 3.05) is 24.7 Å². The van der Waals surface area contributed by atoms with Gasteiger partial charge in [-0.25, -0.2) is 0 Å². The van der Waals surface area contributed by atoms with Gasteiger partial charge >= 0.3 is 0 Å². The lowest BCUT2D eigenvalue weighted by atomic mass is 10.6. The molecular formula is C9H13N7S2. The van der Waals surface area contributed by atoms with Gasteiger partial charge in [0.15, 0.2) is 4.34 Å². The third-order valence-corrected chi connectivity index (χ3v) is 3.89. The monoisotopic (exact) mass is 283 g/mol. The molecule has 2 aromatic rings. The van der Waals surface area contributed by atoms with Crippen LogP contribution < -0.4 is 10.6 Å². The van der Waals surface area contributed by atoms with Crippen molar-refractivity contribution in [3.8, 4) is 0 Å². The third-order valence-electron chi connectivity index (χ3n) is 1.92. The molecular weight excluding hydrogens is 270 g/mol. The summed E-state index contributed by atoms with van der Waals surface area (Å²) in [6.45, 7) is 1.92. The third kappa shape index (κ3) is 3.26. The van der Waals surface area contributed by atoms with E-state index in [1.165, 1.54) is 0 Å². The molecule has 96 valence electrons. The van der Waals surface area contributed by atoms with E-state index in [4.69, 9.17) is 5.73 Å². The van der Waals surface area contributed by atoms with Gasteiger partial charge < -0.3 is 10.6 Å². The van der Waals surface area contributed by atoms with Crippen LogP contribution in [-0.2, 0) is 5.75 Å². The number of hydrogen-bond donors (Lipinski definition) is 1. The number of nitrogens with two attached hydrogens (primary N) is 1. The van der Waals surface area contributed by atoms with Gasteiger partial charge in [0.1, 0.15) is 10.8 Å². The molecule has 7 nitrogen and oxygen atoms in total. The minimum absolute atomic E-state index is 0.234. The Morgan fingerprint density at radius 2 is 2.00 bits per heavy atom. The molecule has 18 heavy (non-hydrogen) atoms. The molecule has 0 aromatic carbocycles. The van der Waals surface area contributed by atoms with Crippen molar-refractivity contribution in [2.45, 2.75) is 17.0 Å². The molecule has 2 heterocycles. The maximum absolute atomic E-state index is 5.65. The molecule has 0 aliphatic heterocycles. The molecule has 0 spiro atoms. The number of nitrogen functional groups attached to an aromatic ring is 1. The zero-order valence-corrected chi connectivity index (χ0v) is 11.9. The van der Waals surface area contributed by atoms with Crippen molar-refractivity contribution < 1.29 is 0 Å². The first-order valence-corrected chi connectivity index (χ1v) is 6.95. The lowest BCUT2D eigenvalue weighted by Gasteiger charge is -2.10. The summed E-state index contributed by atoms with van der Waals surface area (Å²) in [5, 5.41) is 8.93. The topological polar surface area (TPSA) is 93.7 Å². The molecule has 0 aliphatic carbocycles. The minimum atomic E-state index is 0.234. The van der Waals surface area contributed by atoms with E-state index >= 15 is 0 Å². The van der Waals surface area contributed by atoms with Crippen LogP contribution in [-0.4, -0.2) is 39.2 Å². The second-order valence-electron chi connectivity index (χ2n) is 3.68. The van der Waals surface area contributed by atoms with Crippen LogP contribution in [0.5, 0.6) is 0 Å². The number of aromatic nitrogens is 5. The highest BCUT2D eigenvalue weighted by molar-refractivity contribution is 8.00. The van der Waals surface area contributed by atoms with Gasteiger partial charge in [0.25, 0.3) is 0 Å². The Balaban J connectivity index is 2.09. The van der Waals surface area contributed by atoms with E-state index in [1.54, 1.807) is 28.0 Å².